The summed E-state index contributed by atoms with van der Waals surface area (Å²) in [5.41, 5.74) is 1.04. The van der Waals surface area contributed by atoms with Crippen molar-refractivity contribution in [3.8, 4) is 0 Å². The molecule has 1 aliphatic rings. The lowest BCUT2D eigenvalue weighted by Crippen LogP contribution is -2.27. The summed E-state index contributed by atoms with van der Waals surface area (Å²) in [5, 5.41) is 0. The second kappa shape index (κ2) is 9.15. The molecule has 6 nitrogen and oxygen atoms in total. The quantitative estimate of drug-likeness (QED) is 0.647. The van der Waals surface area contributed by atoms with Crippen molar-refractivity contribution in [2.75, 3.05) is 33.4 Å². The Morgan fingerprint density at radius 3 is 2.58 bits per heavy atom. The summed E-state index contributed by atoms with van der Waals surface area (Å²) in [5.74, 6) is 0.215. The van der Waals surface area contributed by atoms with Crippen LogP contribution >= 0.6 is 0 Å². The van der Waals surface area contributed by atoms with Gasteiger partial charge in [0.05, 0.1) is 4.90 Å². The number of sulfonamides is 1. The van der Waals surface area contributed by atoms with Gasteiger partial charge in [-0.3, -0.25) is 4.79 Å². The smallest absolute Gasteiger partial charge is 0.240 e. The second-order valence-electron chi connectivity index (χ2n) is 5.98. The van der Waals surface area contributed by atoms with Gasteiger partial charge in [-0.1, -0.05) is 12.1 Å². The third-order valence-corrected chi connectivity index (χ3v) is 5.62. The summed E-state index contributed by atoms with van der Waals surface area (Å²) in [6.07, 6.45) is 3.90. The predicted octanol–water partition coefficient (Wildman–Crippen LogP) is 1.56. The van der Waals surface area contributed by atoms with Crippen LogP contribution in [0.4, 0.5) is 0 Å². The Labute approximate surface area is 144 Å². The highest BCUT2D eigenvalue weighted by Gasteiger charge is 2.19. The number of methoxy groups -OCH3 is 1. The number of hydrogen-bond donors (Lipinski definition) is 1. The Kier molecular flexibility index (Phi) is 7.20. The number of hydrogen-bond acceptors (Lipinski definition) is 4. The summed E-state index contributed by atoms with van der Waals surface area (Å²) in [6.45, 7) is 2.57. The summed E-state index contributed by atoms with van der Waals surface area (Å²) in [7, 11) is -1.83. The van der Waals surface area contributed by atoms with Crippen LogP contribution in [0.5, 0.6) is 0 Å². The first-order valence-corrected chi connectivity index (χ1v) is 9.86. The fraction of sp³-hybridized carbons (Fsp3) is 0.588. The zero-order valence-corrected chi connectivity index (χ0v) is 15.0. The summed E-state index contributed by atoms with van der Waals surface area (Å²) in [6, 6.07) is 6.89. The van der Waals surface area contributed by atoms with Gasteiger partial charge in [-0.2, -0.15) is 0 Å². The SMILES string of the molecule is COCCCCNS(=O)(=O)c1ccc(CCN2CCCC2=O)cc1. The fourth-order valence-electron chi connectivity index (χ4n) is 2.70. The number of unbranched alkanes of at least 4 members (excludes halogenated alkanes) is 1. The number of carbonyl (C=O) groups is 1. The number of nitrogens with one attached hydrogen (secondary N) is 1. The maximum absolute atomic E-state index is 12.2. The van der Waals surface area contributed by atoms with Crippen LogP contribution in [0.3, 0.4) is 0 Å². The number of rotatable bonds is 10. The maximum atomic E-state index is 12.2. The van der Waals surface area contributed by atoms with Gasteiger partial charge in [0.25, 0.3) is 0 Å². The first kappa shape index (κ1) is 18.9. The zero-order valence-electron chi connectivity index (χ0n) is 14.2. The minimum absolute atomic E-state index is 0.215. The van der Waals surface area contributed by atoms with Crippen molar-refractivity contribution >= 4 is 15.9 Å². The van der Waals surface area contributed by atoms with E-state index in [1.54, 1.807) is 19.2 Å². The fourth-order valence-corrected chi connectivity index (χ4v) is 3.78. The van der Waals surface area contributed by atoms with Gasteiger partial charge in [-0.05, 0) is 43.4 Å². The van der Waals surface area contributed by atoms with Gasteiger partial charge < -0.3 is 9.64 Å². The molecule has 1 N–H and O–H groups in total. The molecule has 1 aliphatic heterocycles. The number of ether oxygens (including phenoxy) is 1. The topological polar surface area (TPSA) is 75.7 Å². The molecule has 0 atom stereocenters. The minimum atomic E-state index is -3.46. The lowest BCUT2D eigenvalue weighted by molar-refractivity contribution is -0.127. The van der Waals surface area contributed by atoms with Gasteiger partial charge in [0.15, 0.2) is 0 Å². The number of likely N-dealkylation sites (tertiary alicyclic amines) is 1. The van der Waals surface area contributed by atoms with Gasteiger partial charge in [0.1, 0.15) is 0 Å². The molecule has 1 fully saturated rings. The van der Waals surface area contributed by atoms with E-state index < -0.39 is 10.0 Å². The summed E-state index contributed by atoms with van der Waals surface area (Å²) < 4.78 is 31.9. The molecule has 0 radical (unpaired) electrons. The van der Waals surface area contributed by atoms with E-state index in [1.165, 1.54) is 0 Å². The molecule has 0 unspecified atom stereocenters. The molecule has 0 bridgehead atoms. The molecule has 0 saturated carbocycles. The van der Waals surface area contributed by atoms with Crippen LogP contribution in [0.25, 0.3) is 0 Å². The van der Waals surface area contributed by atoms with Crippen LogP contribution in [0.2, 0.25) is 0 Å². The Hall–Kier alpha value is -1.44. The van der Waals surface area contributed by atoms with E-state index in [0.29, 0.717) is 26.1 Å². The maximum Gasteiger partial charge on any atom is 0.240 e. The molecule has 1 amide bonds. The standard InChI is InChI=1S/C17H26N2O4S/c1-23-14-3-2-11-18-24(21,22)16-8-6-15(7-9-16)10-13-19-12-4-5-17(19)20/h6-9,18H,2-5,10-14H2,1H3. The van der Waals surface area contributed by atoms with Crippen LogP contribution in [0, 0.1) is 0 Å². The zero-order chi connectivity index (χ0) is 17.4. The monoisotopic (exact) mass is 354 g/mol. The Morgan fingerprint density at radius 1 is 1.21 bits per heavy atom. The van der Waals surface area contributed by atoms with E-state index >= 15 is 0 Å². The lowest BCUT2D eigenvalue weighted by Gasteiger charge is -2.15. The third kappa shape index (κ3) is 5.58. The van der Waals surface area contributed by atoms with Gasteiger partial charge in [-0.15, -0.1) is 0 Å². The van der Waals surface area contributed by atoms with E-state index in [-0.39, 0.29) is 10.8 Å². The highest BCUT2D eigenvalue weighted by atomic mass is 32.2. The minimum Gasteiger partial charge on any atom is -0.385 e. The molecule has 0 spiro atoms. The molecule has 7 heteroatoms. The number of carbonyl (C=O) groups excluding carboxylic acids is 1. The second-order valence-corrected chi connectivity index (χ2v) is 7.74. The number of benzene rings is 1. The van der Waals surface area contributed by atoms with E-state index in [0.717, 1.165) is 37.8 Å². The highest BCUT2D eigenvalue weighted by molar-refractivity contribution is 7.89. The van der Waals surface area contributed by atoms with E-state index in [4.69, 9.17) is 4.74 Å². The van der Waals surface area contributed by atoms with Gasteiger partial charge in [0.2, 0.25) is 15.9 Å². The van der Waals surface area contributed by atoms with Crippen LogP contribution in [0.1, 0.15) is 31.2 Å². The highest BCUT2D eigenvalue weighted by Crippen LogP contribution is 2.14. The molecule has 134 valence electrons. The third-order valence-electron chi connectivity index (χ3n) is 4.14. The molecule has 2 rings (SSSR count). The molecular weight excluding hydrogens is 328 g/mol. The van der Waals surface area contributed by atoms with Crippen LogP contribution < -0.4 is 4.72 Å². The largest absolute Gasteiger partial charge is 0.385 e. The van der Waals surface area contributed by atoms with Crippen molar-refractivity contribution in [2.45, 2.75) is 37.0 Å². The summed E-state index contributed by atoms with van der Waals surface area (Å²) >= 11 is 0. The molecule has 0 aliphatic carbocycles. The number of nitrogens with zero attached hydrogens (tertiary/aromatic N) is 1. The molecule has 0 aromatic heterocycles. The van der Waals surface area contributed by atoms with E-state index in [1.807, 2.05) is 17.0 Å². The summed E-state index contributed by atoms with van der Waals surface area (Å²) in [4.78, 5) is 13.7. The molecule has 1 heterocycles. The molecule has 1 aromatic carbocycles. The van der Waals surface area contributed by atoms with Gasteiger partial charge >= 0.3 is 0 Å². The van der Waals surface area contributed by atoms with Crippen molar-refractivity contribution in [3.63, 3.8) is 0 Å². The Bertz CT molecular complexity index is 628. The van der Waals surface area contributed by atoms with Crippen molar-refractivity contribution in [1.29, 1.82) is 0 Å². The van der Waals surface area contributed by atoms with Gasteiger partial charge in [-0.25, -0.2) is 13.1 Å². The normalized spacial score (nSPS) is 15.2. The van der Waals surface area contributed by atoms with Crippen molar-refractivity contribution in [3.05, 3.63) is 29.8 Å². The first-order valence-electron chi connectivity index (χ1n) is 8.38. The van der Waals surface area contributed by atoms with E-state index in [2.05, 4.69) is 4.72 Å². The Morgan fingerprint density at radius 2 is 1.96 bits per heavy atom. The average molecular weight is 354 g/mol. The average Bonchev–Trinajstić information content (AvgIpc) is 2.98. The van der Waals surface area contributed by atoms with Crippen molar-refractivity contribution in [2.24, 2.45) is 0 Å². The van der Waals surface area contributed by atoms with E-state index in [9.17, 15) is 13.2 Å². The van der Waals surface area contributed by atoms with Crippen molar-refractivity contribution in [1.82, 2.24) is 9.62 Å². The van der Waals surface area contributed by atoms with Crippen LogP contribution in [-0.4, -0.2) is 52.6 Å². The Balaban J connectivity index is 1.82. The number of amides is 1. The molecule has 24 heavy (non-hydrogen) atoms. The molecular formula is C17H26N2O4S. The molecule has 1 saturated heterocycles. The first-order chi connectivity index (χ1) is 11.5. The lowest BCUT2D eigenvalue weighted by atomic mass is 10.1. The predicted molar refractivity (Wildman–Crippen MR) is 92.3 cm³/mol. The van der Waals surface area contributed by atoms with Gasteiger partial charge in [0, 0.05) is 39.8 Å². The van der Waals surface area contributed by atoms with Crippen LogP contribution in [0.15, 0.2) is 29.2 Å². The van der Waals surface area contributed by atoms with Crippen molar-refractivity contribution < 1.29 is 17.9 Å². The molecule has 1 aromatic rings. The van der Waals surface area contributed by atoms with Crippen LogP contribution in [-0.2, 0) is 26.0 Å².